The molecule has 2 aromatic rings. The number of nitrogens with zero attached hydrogens (tertiary/aromatic N) is 2. The number of carbonyl (C=O) groups is 1. The number of hydrogen-bond donors (Lipinski definition) is 3. The summed E-state index contributed by atoms with van der Waals surface area (Å²) in [5.41, 5.74) is 1.06. The smallest absolute Gasteiger partial charge is 0.304 e. The first-order chi connectivity index (χ1) is 9.19. The zero-order chi connectivity index (χ0) is 13.7. The van der Waals surface area contributed by atoms with E-state index in [9.17, 15) is 9.59 Å². The third-order valence-corrected chi connectivity index (χ3v) is 2.98. The molecule has 100 valence electrons. The van der Waals surface area contributed by atoms with E-state index >= 15 is 0 Å². The maximum Gasteiger partial charge on any atom is 0.304 e. The van der Waals surface area contributed by atoms with Gasteiger partial charge < -0.3 is 15.6 Å². The zero-order valence-electron chi connectivity index (χ0n) is 10.3. The van der Waals surface area contributed by atoms with Crippen molar-refractivity contribution in [1.29, 1.82) is 0 Å². The van der Waals surface area contributed by atoms with Crippen molar-refractivity contribution in [2.24, 2.45) is 0 Å². The maximum absolute atomic E-state index is 11.5. The number of amides is 1. The second-order valence-corrected chi connectivity index (χ2v) is 4.53. The van der Waals surface area contributed by atoms with Gasteiger partial charge in [0.1, 0.15) is 5.82 Å². The number of carbonyl (C=O) groups excluding carboxylic acids is 1. The first kappa shape index (κ1) is 13.2. The molecule has 2 aromatic heterocycles. The molecule has 7 nitrogen and oxygen atoms in total. The average Bonchev–Trinajstić information content (AvgIpc) is 2.83. The lowest BCUT2D eigenvalue weighted by Gasteiger charge is -2.04. The average molecular weight is 279 g/mol. The quantitative estimate of drug-likeness (QED) is 0.743. The minimum atomic E-state index is -0.247. The van der Waals surface area contributed by atoms with Gasteiger partial charge in [-0.15, -0.1) is 10.2 Å². The van der Waals surface area contributed by atoms with Gasteiger partial charge >= 0.3 is 4.87 Å². The molecule has 0 fully saturated rings. The third kappa shape index (κ3) is 3.62. The molecule has 0 bridgehead atoms. The SMILES string of the molecule is CCNC(=O)c1ccc(NCc2csc(=O)[nH]2)nn1. The molecule has 2 rings (SSSR count). The van der Waals surface area contributed by atoms with Crippen LogP contribution < -0.4 is 15.5 Å². The van der Waals surface area contributed by atoms with Gasteiger partial charge in [0, 0.05) is 17.6 Å². The Morgan fingerprint density at radius 1 is 1.42 bits per heavy atom. The molecule has 19 heavy (non-hydrogen) atoms. The summed E-state index contributed by atoms with van der Waals surface area (Å²) in [4.78, 5) is 25.0. The molecule has 0 aromatic carbocycles. The first-order valence-corrected chi connectivity index (χ1v) is 6.59. The highest BCUT2D eigenvalue weighted by Crippen LogP contribution is 2.04. The van der Waals surface area contributed by atoms with E-state index in [-0.39, 0.29) is 16.5 Å². The molecule has 0 spiro atoms. The van der Waals surface area contributed by atoms with Gasteiger partial charge in [0.15, 0.2) is 5.69 Å². The van der Waals surface area contributed by atoms with E-state index in [4.69, 9.17) is 0 Å². The van der Waals surface area contributed by atoms with Crippen LogP contribution in [-0.2, 0) is 6.54 Å². The normalized spacial score (nSPS) is 10.2. The number of rotatable bonds is 5. The summed E-state index contributed by atoms with van der Waals surface area (Å²) in [6.45, 7) is 2.84. The summed E-state index contributed by atoms with van der Waals surface area (Å²) in [7, 11) is 0. The Hall–Kier alpha value is -2.22. The molecule has 0 aliphatic carbocycles. The van der Waals surface area contributed by atoms with E-state index < -0.39 is 0 Å². The van der Waals surface area contributed by atoms with Crippen LogP contribution in [-0.4, -0.2) is 27.6 Å². The highest BCUT2D eigenvalue weighted by atomic mass is 32.1. The van der Waals surface area contributed by atoms with Crippen LogP contribution in [0, 0.1) is 0 Å². The Kier molecular flexibility index (Phi) is 4.24. The lowest BCUT2D eigenvalue weighted by molar-refractivity contribution is 0.0950. The summed E-state index contributed by atoms with van der Waals surface area (Å²) in [5, 5.41) is 15.1. The van der Waals surface area contributed by atoms with E-state index in [1.807, 2.05) is 6.92 Å². The summed E-state index contributed by atoms with van der Waals surface area (Å²) < 4.78 is 0. The summed E-state index contributed by atoms with van der Waals surface area (Å²) in [5.74, 6) is 0.295. The van der Waals surface area contributed by atoms with E-state index in [0.29, 0.717) is 18.9 Å². The molecular weight excluding hydrogens is 266 g/mol. The highest BCUT2D eigenvalue weighted by molar-refractivity contribution is 7.07. The highest BCUT2D eigenvalue weighted by Gasteiger charge is 2.06. The van der Waals surface area contributed by atoms with Crippen molar-refractivity contribution in [3.05, 3.63) is 38.6 Å². The Labute approximate surface area is 113 Å². The maximum atomic E-state index is 11.5. The van der Waals surface area contributed by atoms with Crippen molar-refractivity contribution < 1.29 is 4.79 Å². The monoisotopic (exact) mass is 279 g/mol. The van der Waals surface area contributed by atoms with Gasteiger partial charge in [0.2, 0.25) is 0 Å². The number of aromatic nitrogens is 3. The van der Waals surface area contributed by atoms with Gasteiger partial charge in [-0.3, -0.25) is 9.59 Å². The fourth-order valence-electron chi connectivity index (χ4n) is 1.39. The van der Waals surface area contributed by atoms with Crippen LogP contribution in [0.15, 0.2) is 22.3 Å². The van der Waals surface area contributed by atoms with Gasteiger partial charge in [0.25, 0.3) is 5.91 Å². The molecule has 0 aliphatic heterocycles. The van der Waals surface area contributed by atoms with Crippen molar-refractivity contribution in [1.82, 2.24) is 20.5 Å². The van der Waals surface area contributed by atoms with Crippen molar-refractivity contribution in [3.63, 3.8) is 0 Å². The standard InChI is InChI=1S/C11H13N5O2S/c1-2-12-10(17)8-3-4-9(16-15-8)13-5-7-6-19-11(18)14-7/h3-4,6H,2,5H2,1H3,(H,12,17)(H,13,16)(H,14,18). The van der Waals surface area contributed by atoms with Crippen molar-refractivity contribution in [2.45, 2.75) is 13.5 Å². The van der Waals surface area contributed by atoms with E-state index in [0.717, 1.165) is 17.0 Å². The number of aromatic amines is 1. The van der Waals surface area contributed by atoms with Crippen LogP contribution in [0.1, 0.15) is 23.1 Å². The van der Waals surface area contributed by atoms with Gasteiger partial charge in [0.05, 0.1) is 6.54 Å². The van der Waals surface area contributed by atoms with Crippen molar-refractivity contribution in [2.75, 3.05) is 11.9 Å². The predicted molar refractivity (Wildman–Crippen MR) is 72.3 cm³/mol. The molecule has 0 unspecified atom stereocenters. The Balaban J connectivity index is 1.95. The zero-order valence-corrected chi connectivity index (χ0v) is 11.1. The molecule has 0 saturated heterocycles. The molecule has 2 heterocycles. The van der Waals surface area contributed by atoms with Crippen molar-refractivity contribution >= 4 is 23.1 Å². The third-order valence-electron chi connectivity index (χ3n) is 2.27. The Morgan fingerprint density at radius 3 is 2.84 bits per heavy atom. The minimum absolute atomic E-state index is 0.0885. The number of nitrogens with one attached hydrogen (secondary N) is 3. The van der Waals surface area contributed by atoms with Gasteiger partial charge in [-0.1, -0.05) is 11.3 Å². The van der Waals surface area contributed by atoms with Gasteiger partial charge in [-0.2, -0.15) is 0 Å². The van der Waals surface area contributed by atoms with Crippen molar-refractivity contribution in [3.8, 4) is 0 Å². The molecule has 8 heteroatoms. The van der Waals surface area contributed by atoms with Crippen LogP contribution in [0.2, 0.25) is 0 Å². The van der Waals surface area contributed by atoms with E-state index in [2.05, 4.69) is 25.8 Å². The molecular formula is C11H13N5O2S. The van der Waals surface area contributed by atoms with E-state index in [1.165, 1.54) is 0 Å². The Morgan fingerprint density at radius 2 is 2.26 bits per heavy atom. The fourth-order valence-corrected chi connectivity index (χ4v) is 1.97. The van der Waals surface area contributed by atoms with Crippen LogP contribution >= 0.6 is 11.3 Å². The van der Waals surface area contributed by atoms with Crippen LogP contribution in [0.25, 0.3) is 0 Å². The van der Waals surface area contributed by atoms with E-state index in [1.54, 1.807) is 17.5 Å². The first-order valence-electron chi connectivity index (χ1n) is 5.71. The molecule has 0 aliphatic rings. The largest absolute Gasteiger partial charge is 0.363 e. The Bertz CT molecular complexity index is 604. The number of H-pyrrole nitrogens is 1. The molecule has 1 amide bonds. The number of anilines is 1. The lowest BCUT2D eigenvalue weighted by Crippen LogP contribution is -2.24. The second-order valence-electron chi connectivity index (χ2n) is 3.69. The van der Waals surface area contributed by atoms with Gasteiger partial charge in [-0.25, -0.2) is 0 Å². The minimum Gasteiger partial charge on any atom is -0.363 e. The molecule has 0 atom stereocenters. The molecule has 0 saturated carbocycles. The summed E-state index contributed by atoms with van der Waals surface area (Å²) in [6, 6.07) is 3.26. The van der Waals surface area contributed by atoms with Crippen LogP contribution in [0.4, 0.5) is 5.82 Å². The predicted octanol–water partition coefficient (Wildman–Crippen LogP) is 0.588. The molecule has 3 N–H and O–H groups in total. The topological polar surface area (TPSA) is 99.8 Å². The number of hydrogen-bond acceptors (Lipinski definition) is 6. The lowest BCUT2D eigenvalue weighted by atomic mass is 10.3. The second kappa shape index (κ2) is 6.10. The summed E-state index contributed by atoms with van der Waals surface area (Å²) >= 11 is 1.11. The van der Waals surface area contributed by atoms with Crippen LogP contribution in [0.5, 0.6) is 0 Å². The molecule has 0 radical (unpaired) electrons. The summed E-state index contributed by atoms with van der Waals surface area (Å²) in [6.07, 6.45) is 0. The van der Waals surface area contributed by atoms with Gasteiger partial charge in [-0.05, 0) is 19.1 Å². The fraction of sp³-hybridized carbons (Fsp3) is 0.273. The van der Waals surface area contributed by atoms with Crippen LogP contribution in [0.3, 0.4) is 0 Å². The number of thiazole rings is 1.